The molecule has 1 heterocycles. The quantitative estimate of drug-likeness (QED) is 0.325. The maximum Gasteiger partial charge on any atom is 0.243 e. The maximum atomic E-state index is 12.9. The lowest BCUT2D eigenvalue weighted by atomic mass is 10.2. The average molecular weight is 457 g/mol. The molecule has 2 aromatic carbocycles. The van der Waals surface area contributed by atoms with Crippen molar-refractivity contribution >= 4 is 21.8 Å². The number of nitrogens with zero attached hydrogens (tertiary/aromatic N) is 4. The molecule has 0 saturated carbocycles. The number of hydrogen-bond acceptors (Lipinski definition) is 5. The van der Waals surface area contributed by atoms with Gasteiger partial charge in [-0.3, -0.25) is 4.57 Å². The molecule has 31 heavy (non-hydrogen) atoms. The van der Waals surface area contributed by atoms with Gasteiger partial charge in [-0.15, -0.1) is 16.8 Å². The molecule has 0 amide bonds. The highest BCUT2D eigenvalue weighted by Gasteiger charge is 2.23. The number of allylic oxidation sites excluding steroid dienone is 1. The van der Waals surface area contributed by atoms with E-state index in [-0.39, 0.29) is 4.90 Å². The van der Waals surface area contributed by atoms with E-state index in [1.165, 1.54) is 15.4 Å². The predicted molar refractivity (Wildman–Crippen MR) is 127 cm³/mol. The fourth-order valence-electron chi connectivity index (χ4n) is 3.24. The lowest BCUT2D eigenvalue weighted by molar-refractivity contribution is 0.445. The summed E-state index contributed by atoms with van der Waals surface area (Å²) in [4.78, 5) is 0.260. The first-order chi connectivity index (χ1) is 14.9. The van der Waals surface area contributed by atoms with Crippen LogP contribution in [0.3, 0.4) is 0 Å². The molecule has 0 aliphatic heterocycles. The van der Waals surface area contributed by atoms with E-state index in [1.807, 2.05) is 24.5 Å². The van der Waals surface area contributed by atoms with Crippen LogP contribution in [0.5, 0.6) is 0 Å². The topological polar surface area (TPSA) is 68.1 Å². The van der Waals surface area contributed by atoms with Crippen molar-refractivity contribution in [3.63, 3.8) is 0 Å². The molecular weight excluding hydrogens is 428 g/mol. The number of benzene rings is 2. The molecule has 0 atom stereocenters. The Morgan fingerprint density at radius 1 is 1.10 bits per heavy atom. The standard InChI is InChI=1S/C23H28N4O2S2/c1-5-15-27-22(24-25-23(27)30-17-19-13-11-18(4)12-14-19)20-9-8-10-21(16-20)31(28,29)26(6-2)7-3/h5,8-14,16H,1,6-7,15,17H2,2-4H3. The zero-order chi connectivity index (χ0) is 22.4. The number of hydrogen-bond donors (Lipinski definition) is 0. The van der Waals surface area contributed by atoms with E-state index in [9.17, 15) is 8.42 Å². The molecule has 0 radical (unpaired) electrons. The molecule has 0 spiro atoms. The first kappa shape index (κ1) is 23.2. The fraction of sp³-hybridized carbons (Fsp3) is 0.304. The highest BCUT2D eigenvalue weighted by atomic mass is 32.2. The van der Waals surface area contributed by atoms with E-state index in [0.29, 0.717) is 31.0 Å². The van der Waals surface area contributed by atoms with E-state index in [0.717, 1.165) is 10.9 Å². The average Bonchev–Trinajstić information content (AvgIpc) is 3.17. The molecule has 6 nitrogen and oxygen atoms in total. The Kier molecular flexibility index (Phi) is 7.69. The summed E-state index contributed by atoms with van der Waals surface area (Å²) >= 11 is 1.60. The van der Waals surface area contributed by atoms with Crippen molar-refractivity contribution in [2.45, 2.75) is 43.1 Å². The van der Waals surface area contributed by atoms with Crippen LogP contribution in [0.15, 0.2) is 71.2 Å². The highest BCUT2D eigenvalue weighted by Crippen LogP contribution is 2.28. The van der Waals surface area contributed by atoms with Gasteiger partial charge in [0.1, 0.15) is 0 Å². The van der Waals surface area contributed by atoms with Crippen molar-refractivity contribution < 1.29 is 8.42 Å². The van der Waals surface area contributed by atoms with E-state index >= 15 is 0 Å². The van der Waals surface area contributed by atoms with Gasteiger partial charge in [-0.2, -0.15) is 4.31 Å². The SMILES string of the molecule is C=CCn1c(SCc2ccc(C)cc2)nnc1-c1cccc(S(=O)(=O)N(CC)CC)c1. The molecule has 3 aromatic rings. The van der Waals surface area contributed by atoms with Gasteiger partial charge in [0.15, 0.2) is 11.0 Å². The van der Waals surface area contributed by atoms with E-state index in [2.05, 4.69) is 48.0 Å². The molecule has 8 heteroatoms. The van der Waals surface area contributed by atoms with Crippen molar-refractivity contribution in [2.75, 3.05) is 13.1 Å². The zero-order valence-corrected chi connectivity index (χ0v) is 19.8. The van der Waals surface area contributed by atoms with Crippen LogP contribution >= 0.6 is 11.8 Å². The molecule has 0 fully saturated rings. The minimum atomic E-state index is -3.55. The number of aromatic nitrogens is 3. The van der Waals surface area contributed by atoms with Crippen LogP contribution in [-0.2, 0) is 22.3 Å². The smallest absolute Gasteiger partial charge is 0.243 e. The van der Waals surface area contributed by atoms with Gasteiger partial charge in [-0.25, -0.2) is 8.42 Å². The molecule has 0 bridgehead atoms. The largest absolute Gasteiger partial charge is 0.298 e. The van der Waals surface area contributed by atoms with Crippen molar-refractivity contribution in [3.05, 3.63) is 72.3 Å². The third kappa shape index (κ3) is 5.26. The second kappa shape index (κ2) is 10.3. The van der Waals surface area contributed by atoms with Gasteiger partial charge in [0, 0.05) is 31.0 Å². The minimum Gasteiger partial charge on any atom is -0.298 e. The third-order valence-corrected chi connectivity index (χ3v) is 8.04. The molecule has 0 saturated heterocycles. The lowest BCUT2D eigenvalue weighted by Crippen LogP contribution is -2.30. The fourth-order valence-corrected chi connectivity index (χ4v) is 5.65. The van der Waals surface area contributed by atoms with Crippen LogP contribution in [0.4, 0.5) is 0 Å². The van der Waals surface area contributed by atoms with Crippen molar-refractivity contribution in [2.24, 2.45) is 0 Å². The molecule has 0 aliphatic rings. The first-order valence-corrected chi connectivity index (χ1v) is 12.7. The molecule has 0 N–H and O–H groups in total. The van der Waals surface area contributed by atoms with Crippen LogP contribution in [0.25, 0.3) is 11.4 Å². The van der Waals surface area contributed by atoms with Gasteiger partial charge in [-0.1, -0.05) is 73.6 Å². The number of thioether (sulfide) groups is 1. The second-order valence-electron chi connectivity index (χ2n) is 7.10. The maximum absolute atomic E-state index is 12.9. The molecular formula is C23H28N4O2S2. The van der Waals surface area contributed by atoms with Crippen LogP contribution in [-0.4, -0.2) is 40.6 Å². The molecule has 0 aliphatic carbocycles. The zero-order valence-electron chi connectivity index (χ0n) is 18.2. The lowest BCUT2D eigenvalue weighted by Gasteiger charge is -2.18. The van der Waals surface area contributed by atoms with Crippen LogP contribution in [0, 0.1) is 6.92 Å². The minimum absolute atomic E-state index is 0.260. The molecule has 1 aromatic heterocycles. The molecule has 0 unspecified atom stereocenters. The first-order valence-electron chi connectivity index (χ1n) is 10.2. The monoisotopic (exact) mass is 456 g/mol. The summed E-state index contributed by atoms with van der Waals surface area (Å²) in [6.07, 6.45) is 1.79. The Labute approximate surface area is 189 Å². The van der Waals surface area contributed by atoms with Gasteiger partial charge in [0.2, 0.25) is 10.0 Å². The summed E-state index contributed by atoms with van der Waals surface area (Å²) in [7, 11) is -3.55. The molecule has 164 valence electrons. The van der Waals surface area contributed by atoms with Crippen LogP contribution in [0.2, 0.25) is 0 Å². The molecule has 3 rings (SSSR count). The van der Waals surface area contributed by atoms with Gasteiger partial charge >= 0.3 is 0 Å². The third-order valence-electron chi connectivity index (χ3n) is 4.95. The van der Waals surface area contributed by atoms with Gasteiger partial charge in [0.05, 0.1) is 4.90 Å². The van der Waals surface area contributed by atoms with Gasteiger partial charge in [-0.05, 0) is 24.6 Å². The van der Waals surface area contributed by atoms with Crippen molar-refractivity contribution in [3.8, 4) is 11.4 Å². The summed E-state index contributed by atoms with van der Waals surface area (Å²) in [6.45, 7) is 11.0. The number of aryl methyl sites for hydroxylation is 1. The van der Waals surface area contributed by atoms with Crippen molar-refractivity contribution in [1.29, 1.82) is 0 Å². The van der Waals surface area contributed by atoms with E-state index < -0.39 is 10.0 Å². The number of rotatable bonds is 10. The Hall–Kier alpha value is -2.42. The summed E-state index contributed by atoms with van der Waals surface area (Å²) in [5, 5.41) is 9.52. The van der Waals surface area contributed by atoms with Crippen LogP contribution in [0.1, 0.15) is 25.0 Å². The predicted octanol–water partition coefficient (Wildman–Crippen LogP) is 4.76. The van der Waals surface area contributed by atoms with E-state index in [4.69, 9.17) is 0 Å². The summed E-state index contributed by atoms with van der Waals surface area (Å²) in [6, 6.07) is 15.3. The Balaban J connectivity index is 1.92. The Morgan fingerprint density at radius 3 is 2.45 bits per heavy atom. The van der Waals surface area contributed by atoms with E-state index in [1.54, 1.807) is 36.0 Å². The summed E-state index contributed by atoms with van der Waals surface area (Å²) in [5.74, 6) is 1.40. The van der Waals surface area contributed by atoms with Crippen LogP contribution < -0.4 is 0 Å². The normalized spacial score (nSPS) is 11.7. The van der Waals surface area contributed by atoms with Gasteiger partial charge in [0.25, 0.3) is 0 Å². The Bertz CT molecular complexity index is 1130. The summed E-state index contributed by atoms with van der Waals surface area (Å²) in [5.41, 5.74) is 3.15. The Morgan fingerprint density at radius 2 is 1.81 bits per heavy atom. The van der Waals surface area contributed by atoms with Crippen molar-refractivity contribution in [1.82, 2.24) is 19.1 Å². The van der Waals surface area contributed by atoms with Gasteiger partial charge < -0.3 is 0 Å². The highest BCUT2D eigenvalue weighted by molar-refractivity contribution is 7.98. The number of sulfonamides is 1. The summed E-state index contributed by atoms with van der Waals surface area (Å²) < 4.78 is 29.3. The second-order valence-corrected chi connectivity index (χ2v) is 9.98.